The third-order valence-electron chi connectivity index (χ3n) is 2.89. The highest BCUT2D eigenvalue weighted by molar-refractivity contribution is 5.90. The predicted molar refractivity (Wildman–Crippen MR) is 70.0 cm³/mol. The number of anilines is 1. The number of aromatic nitrogens is 1. The van der Waals surface area contributed by atoms with E-state index in [2.05, 4.69) is 10.3 Å². The van der Waals surface area contributed by atoms with Crippen molar-refractivity contribution in [2.75, 3.05) is 5.32 Å². The molecule has 2 heterocycles. The van der Waals surface area contributed by atoms with E-state index in [1.54, 1.807) is 6.20 Å². The topological polar surface area (TPSA) is 54.5 Å². The number of amides is 2. The Labute approximate surface area is 110 Å². The van der Waals surface area contributed by atoms with Crippen molar-refractivity contribution in [1.29, 1.82) is 0 Å². The number of urea groups is 1. The van der Waals surface area contributed by atoms with Crippen molar-refractivity contribution in [3.05, 3.63) is 59.8 Å². The van der Waals surface area contributed by atoms with Gasteiger partial charge in [0, 0.05) is 11.8 Å². The molecule has 2 aromatic rings. The van der Waals surface area contributed by atoms with Crippen LogP contribution in [0.15, 0.2) is 48.7 Å². The largest absolute Gasteiger partial charge is 0.347 e. The zero-order valence-corrected chi connectivity index (χ0v) is 10.2. The fourth-order valence-electron chi connectivity index (χ4n) is 1.90. The highest BCUT2D eigenvalue weighted by Gasteiger charge is 2.23. The standard InChI is InChI=1S/C14H13N3O2/c18-14-16-13-12(7-4-8-15-13)9-17(14)19-10-11-5-2-1-3-6-11/h1-8H,9-10H2,(H,15,16,18). The molecule has 3 rings (SSSR count). The molecule has 0 spiro atoms. The van der Waals surface area contributed by atoms with Crippen LogP contribution >= 0.6 is 0 Å². The molecule has 5 heteroatoms. The Bertz CT molecular complexity index is 586. The first kappa shape index (κ1) is 11.7. The van der Waals surface area contributed by atoms with Crippen molar-refractivity contribution in [2.24, 2.45) is 0 Å². The normalized spacial score (nSPS) is 13.9. The lowest BCUT2D eigenvalue weighted by Gasteiger charge is -2.27. The van der Waals surface area contributed by atoms with Crippen LogP contribution in [0.1, 0.15) is 11.1 Å². The van der Waals surface area contributed by atoms with Crippen molar-refractivity contribution in [3.63, 3.8) is 0 Å². The van der Waals surface area contributed by atoms with E-state index in [0.717, 1.165) is 11.1 Å². The summed E-state index contributed by atoms with van der Waals surface area (Å²) in [5.74, 6) is 0.604. The van der Waals surface area contributed by atoms with Crippen molar-refractivity contribution in [2.45, 2.75) is 13.2 Å². The molecular formula is C14H13N3O2. The van der Waals surface area contributed by atoms with E-state index in [4.69, 9.17) is 4.84 Å². The number of benzene rings is 1. The molecule has 0 saturated carbocycles. The Balaban J connectivity index is 1.68. The van der Waals surface area contributed by atoms with E-state index < -0.39 is 0 Å². The van der Waals surface area contributed by atoms with Gasteiger partial charge in [0.1, 0.15) is 12.4 Å². The third kappa shape index (κ3) is 2.56. The fraction of sp³-hybridized carbons (Fsp3) is 0.143. The van der Waals surface area contributed by atoms with Gasteiger partial charge in [0.15, 0.2) is 0 Å². The SMILES string of the molecule is O=C1Nc2ncccc2CN1OCc1ccccc1. The van der Waals surface area contributed by atoms with E-state index in [0.29, 0.717) is 19.0 Å². The average Bonchev–Trinajstić information content (AvgIpc) is 2.46. The molecule has 0 radical (unpaired) electrons. The summed E-state index contributed by atoms with van der Waals surface area (Å²) in [4.78, 5) is 21.5. The number of nitrogens with one attached hydrogen (secondary N) is 1. The van der Waals surface area contributed by atoms with Gasteiger partial charge in [-0.2, -0.15) is 5.06 Å². The van der Waals surface area contributed by atoms with Gasteiger partial charge >= 0.3 is 6.03 Å². The van der Waals surface area contributed by atoms with Crippen LogP contribution in [0.4, 0.5) is 10.6 Å². The van der Waals surface area contributed by atoms with Crippen molar-refractivity contribution < 1.29 is 9.63 Å². The summed E-state index contributed by atoms with van der Waals surface area (Å²) < 4.78 is 0. The lowest BCUT2D eigenvalue weighted by molar-refractivity contribution is -0.132. The Morgan fingerprint density at radius 3 is 2.89 bits per heavy atom. The van der Waals surface area contributed by atoms with Crippen molar-refractivity contribution >= 4 is 11.8 Å². The van der Waals surface area contributed by atoms with E-state index in [1.165, 1.54) is 5.06 Å². The summed E-state index contributed by atoms with van der Waals surface area (Å²) in [5.41, 5.74) is 1.96. The van der Waals surface area contributed by atoms with Crippen LogP contribution in [0.25, 0.3) is 0 Å². The number of fused-ring (bicyclic) bond motifs is 1. The quantitative estimate of drug-likeness (QED) is 0.917. The van der Waals surface area contributed by atoms with Gasteiger partial charge in [-0.25, -0.2) is 9.78 Å². The van der Waals surface area contributed by atoms with Crippen LogP contribution in [0.3, 0.4) is 0 Å². The molecule has 2 amide bonds. The maximum absolute atomic E-state index is 11.8. The summed E-state index contributed by atoms with van der Waals surface area (Å²) in [6.07, 6.45) is 1.65. The molecule has 0 saturated heterocycles. The van der Waals surface area contributed by atoms with Gasteiger partial charge in [0.2, 0.25) is 0 Å². The third-order valence-corrected chi connectivity index (χ3v) is 2.89. The van der Waals surface area contributed by atoms with Gasteiger partial charge in [-0.3, -0.25) is 10.2 Å². The summed E-state index contributed by atoms with van der Waals surface area (Å²) >= 11 is 0. The first-order valence-corrected chi connectivity index (χ1v) is 6.02. The molecule has 0 aliphatic carbocycles. The zero-order chi connectivity index (χ0) is 13.1. The Kier molecular flexibility index (Phi) is 3.12. The molecule has 96 valence electrons. The monoisotopic (exact) mass is 255 g/mol. The second kappa shape index (κ2) is 5.07. The van der Waals surface area contributed by atoms with E-state index in [-0.39, 0.29) is 6.03 Å². The van der Waals surface area contributed by atoms with Gasteiger partial charge < -0.3 is 0 Å². The maximum Gasteiger partial charge on any atom is 0.347 e. The number of hydrogen-bond acceptors (Lipinski definition) is 3. The number of carbonyl (C=O) groups excluding carboxylic acids is 1. The molecule has 5 nitrogen and oxygen atoms in total. The number of nitrogens with zero attached hydrogens (tertiary/aromatic N) is 2. The first-order valence-electron chi connectivity index (χ1n) is 6.02. The second-order valence-corrected chi connectivity index (χ2v) is 4.24. The van der Waals surface area contributed by atoms with Gasteiger partial charge in [-0.15, -0.1) is 0 Å². The van der Waals surface area contributed by atoms with E-state index >= 15 is 0 Å². The van der Waals surface area contributed by atoms with Gasteiger partial charge in [-0.1, -0.05) is 36.4 Å². The lowest BCUT2D eigenvalue weighted by atomic mass is 10.2. The number of pyridine rings is 1. The van der Waals surface area contributed by atoms with Crippen LogP contribution < -0.4 is 5.32 Å². The molecule has 19 heavy (non-hydrogen) atoms. The van der Waals surface area contributed by atoms with Crippen molar-refractivity contribution in [1.82, 2.24) is 10.0 Å². The summed E-state index contributed by atoms with van der Waals surface area (Å²) in [6.45, 7) is 0.770. The highest BCUT2D eigenvalue weighted by Crippen LogP contribution is 2.20. The lowest BCUT2D eigenvalue weighted by Crippen LogP contribution is -2.38. The molecule has 1 N–H and O–H groups in total. The minimum Gasteiger partial charge on any atom is -0.290 e. The van der Waals surface area contributed by atoms with E-state index in [1.807, 2.05) is 42.5 Å². The zero-order valence-electron chi connectivity index (χ0n) is 10.2. The molecular weight excluding hydrogens is 242 g/mol. The summed E-state index contributed by atoms with van der Waals surface area (Å²) in [5, 5.41) is 4.01. The molecule has 0 fully saturated rings. The first-order chi connectivity index (χ1) is 9.33. The van der Waals surface area contributed by atoms with Crippen LogP contribution in [0, 0.1) is 0 Å². The van der Waals surface area contributed by atoms with Crippen LogP contribution in [0.5, 0.6) is 0 Å². The minimum absolute atomic E-state index is 0.290. The predicted octanol–water partition coefficient (Wildman–Crippen LogP) is 2.56. The number of carbonyl (C=O) groups is 1. The number of hydrogen-bond donors (Lipinski definition) is 1. The molecule has 1 aromatic carbocycles. The number of rotatable bonds is 3. The van der Waals surface area contributed by atoms with Crippen LogP contribution in [-0.2, 0) is 18.0 Å². The molecule has 1 aromatic heterocycles. The average molecular weight is 255 g/mol. The van der Waals surface area contributed by atoms with Crippen LogP contribution in [0.2, 0.25) is 0 Å². The Hall–Kier alpha value is -2.40. The molecule has 1 aliphatic heterocycles. The Morgan fingerprint density at radius 1 is 1.21 bits per heavy atom. The fourth-order valence-corrected chi connectivity index (χ4v) is 1.90. The summed E-state index contributed by atoms with van der Waals surface area (Å²) in [7, 11) is 0. The summed E-state index contributed by atoms with van der Waals surface area (Å²) in [6, 6.07) is 13.2. The van der Waals surface area contributed by atoms with Gasteiger partial charge in [0.05, 0.1) is 6.54 Å². The van der Waals surface area contributed by atoms with Crippen molar-refractivity contribution in [3.8, 4) is 0 Å². The van der Waals surface area contributed by atoms with E-state index in [9.17, 15) is 4.79 Å². The molecule has 0 atom stereocenters. The molecule has 0 unspecified atom stereocenters. The highest BCUT2D eigenvalue weighted by atomic mass is 16.7. The Morgan fingerprint density at radius 2 is 2.05 bits per heavy atom. The molecule has 1 aliphatic rings. The molecule has 0 bridgehead atoms. The maximum atomic E-state index is 11.8. The second-order valence-electron chi connectivity index (χ2n) is 4.24. The van der Waals surface area contributed by atoms with Crippen LogP contribution in [-0.4, -0.2) is 16.1 Å². The van der Waals surface area contributed by atoms with Gasteiger partial charge in [0.25, 0.3) is 0 Å². The van der Waals surface area contributed by atoms with Gasteiger partial charge in [-0.05, 0) is 11.6 Å². The number of hydroxylamine groups is 2. The minimum atomic E-state index is -0.290. The smallest absolute Gasteiger partial charge is 0.290 e.